The third-order valence-electron chi connectivity index (χ3n) is 3.35. The van der Waals surface area contributed by atoms with Crippen LogP contribution >= 0.6 is 0 Å². The zero-order chi connectivity index (χ0) is 13.0. The Balaban J connectivity index is 1.97. The molecule has 1 heterocycles. The van der Waals surface area contributed by atoms with E-state index in [1.54, 1.807) is 6.92 Å². The van der Waals surface area contributed by atoms with Crippen LogP contribution in [0.2, 0.25) is 0 Å². The second kappa shape index (κ2) is 5.80. The third-order valence-corrected chi connectivity index (χ3v) is 3.35. The van der Waals surface area contributed by atoms with Gasteiger partial charge in [-0.3, -0.25) is 0 Å². The number of nitrogens with one attached hydrogen (secondary N) is 1. The van der Waals surface area contributed by atoms with Crippen molar-refractivity contribution in [3.05, 3.63) is 17.5 Å². The average Bonchev–Trinajstić information content (AvgIpc) is 2.37. The molecule has 1 aliphatic carbocycles. The summed E-state index contributed by atoms with van der Waals surface area (Å²) in [6.45, 7) is 2.61. The third kappa shape index (κ3) is 3.42. The molecule has 1 aromatic rings. The number of nitrogens with zero attached hydrogens (tertiary/aromatic N) is 2. The molecule has 1 aromatic heterocycles. The Morgan fingerprint density at radius 2 is 2.11 bits per heavy atom. The molecule has 2 rings (SSSR count). The number of aromatic carboxylic acids is 1. The van der Waals surface area contributed by atoms with Crippen LogP contribution in [0.3, 0.4) is 0 Å². The fourth-order valence-corrected chi connectivity index (χ4v) is 2.38. The summed E-state index contributed by atoms with van der Waals surface area (Å²) < 4.78 is 0. The molecule has 0 aliphatic heterocycles. The number of aromatic nitrogens is 2. The van der Waals surface area contributed by atoms with Gasteiger partial charge in [0.15, 0.2) is 5.69 Å². The van der Waals surface area contributed by atoms with Crippen molar-refractivity contribution in [2.75, 3.05) is 11.9 Å². The lowest BCUT2D eigenvalue weighted by molar-refractivity contribution is 0.0690. The number of aryl methyl sites for hydroxylation is 1. The van der Waals surface area contributed by atoms with Crippen molar-refractivity contribution in [3.63, 3.8) is 0 Å². The smallest absolute Gasteiger partial charge is 0.354 e. The van der Waals surface area contributed by atoms with Gasteiger partial charge in [-0.2, -0.15) is 0 Å². The Morgan fingerprint density at radius 1 is 1.39 bits per heavy atom. The standard InChI is InChI=1S/C13H19N3O2/c1-9-7-11(12(17)18)16-13(15-9)14-8-10-5-3-2-4-6-10/h7,10H,2-6,8H2,1H3,(H,17,18)(H,14,15,16). The van der Waals surface area contributed by atoms with Crippen molar-refractivity contribution in [1.29, 1.82) is 0 Å². The molecule has 0 spiro atoms. The van der Waals surface area contributed by atoms with Gasteiger partial charge in [-0.05, 0) is 31.7 Å². The van der Waals surface area contributed by atoms with Crippen LogP contribution in [0.5, 0.6) is 0 Å². The van der Waals surface area contributed by atoms with Gasteiger partial charge in [-0.1, -0.05) is 19.3 Å². The van der Waals surface area contributed by atoms with E-state index in [1.807, 2.05) is 0 Å². The van der Waals surface area contributed by atoms with E-state index >= 15 is 0 Å². The highest BCUT2D eigenvalue weighted by atomic mass is 16.4. The number of carboxylic acids is 1. The van der Waals surface area contributed by atoms with Crippen LogP contribution in [0.25, 0.3) is 0 Å². The van der Waals surface area contributed by atoms with Gasteiger partial charge in [0.2, 0.25) is 5.95 Å². The van der Waals surface area contributed by atoms with Crippen LogP contribution in [0, 0.1) is 12.8 Å². The van der Waals surface area contributed by atoms with E-state index in [0.29, 0.717) is 17.6 Å². The predicted molar refractivity (Wildman–Crippen MR) is 68.8 cm³/mol. The summed E-state index contributed by atoms with van der Waals surface area (Å²) in [4.78, 5) is 19.1. The van der Waals surface area contributed by atoms with Gasteiger partial charge in [-0.15, -0.1) is 0 Å². The number of hydrogen-bond donors (Lipinski definition) is 2. The number of rotatable bonds is 4. The van der Waals surface area contributed by atoms with Crippen molar-refractivity contribution in [3.8, 4) is 0 Å². The minimum absolute atomic E-state index is 0.0497. The van der Waals surface area contributed by atoms with Crippen LogP contribution in [-0.2, 0) is 0 Å². The van der Waals surface area contributed by atoms with Crippen molar-refractivity contribution in [2.45, 2.75) is 39.0 Å². The summed E-state index contributed by atoms with van der Waals surface area (Å²) in [5.74, 6) is 0.0790. The van der Waals surface area contributed by atoms with Gasteiger partial charge in [0.25, 0.3) is 0 Å². The number of carboxylic acid groups (broad SMARTS) is 1. The quantitative estimate of drug-likeness (QED) is 0.857. The molecule has 0 bridgehead atoms. The van der Waals surface area contributed by atoms with E-state index in [1.165, 1.54) is 38.2 Å². The zero-order valence-corrected chi connectivity index (χ0v) is 10.6. The van der Waals surface area contributed by atoms with E-state index < -0.39 is 5.97 Å². The summed E-state index contributed by atoms with van der Waals surface area (Å²) in [7, 11) is 0. The van der Waals surface area contributed by atoms with Crippen LogP contribution in [0.4, 0.5) is 5.95 Å². The summed E-state index contributed by atoms with van der Waals surface area (Å²) >= 11 is 0. The summed E-state index contributed by atoms with van der Waals surface area (Å²) in [6, 6.07) is 1.48. The molecule has 2 N–H and O–H groups in total. The lowest BCUT2D eigenvalue weighted by Gasteiger charge is -2.21. The van der Waals surface area contributed by atoms with E-state index in [4.69, 9.17) is 5.11 Å². The molecule has 0 atom stereocenters. The molecule has 0 amide bonds. The molecule has 1 fully saturated rings. The van der Waals surface area contributed by atoms with Crippen LogP contribution in [0.15, 0.2) is 6.07 Å². The molecule has 0 radical (unpaired) electrons. The Bertz CT molecular complexity index is 428. The van der Waals surface area contributed by atoms with Gasteiger partial charge in [0.05, 0.1) is 0 Å². The van der Waals surface area contributed by atoms with Crippen molar-refractivity contribution < 1.29 is 9.90 Å². The highest BCUT2D eigenvalue weighted by Crippen LogP contribution is 2.23. The van der Waals surface area contributed by atoms with Crippen LogP contribution in [-0.4, -0.2) is 27.6 Å². The first-order chi connectivity index (χ1) is 8.65. The molecule has 5 heteroatoms. The highest BCUT2D eigenvalue weighted by molar-refractivity contribution is 5.85. The maximum atomic E-state index is 10.9. The first kappa shape index (κ1) is 12.8. The number of anilines is 1. The Kier molecular flexibility index (Phi) is 4.12. The minimum atomic E-state index is -1.01. The Morgan fingerprint density at radius 3 is 2.78 bits per heavy atom. The van der Waals surface area contributed by atoms with Gasteiger partial charge in [0.1, 0.15) is 0 Å². The van der Waals surface area contributed by atoms with Crippen molar-refractivity contribution >= 4 is 11.9 Å². The monoisotopic (exact) mass is 249 g/mol. The maximum Gasteiger partial charge on any atom is 0.354 e. The van der Waals surface area contributed by atoms with Crippen molar-refractivity contribution in [2.24, 2.45) is 5.92 Å². The van der Waals surface area contributed by atoms with Gasteiger partial charge >= 0.3 is 5.97 Å². The molecule has 18 heavy (non-hydrogen) atoms. The van der Waals surface area contributed by atoms with Gasteiger partial charge in [0, 0.05) is 12.2 Å². The topological polar surface area (TPSA) is 75.1 Å². The normalized spacial score (nSPS) is 16.5. The molecule has 1 aliphatic rings. The van der Waals surface area contributed by atoms with Gasteiger partial charge < -0.3 is 10.4 Å². The van der Waals surface area contributed by atoms with Gasteiger partial charge in [-0.25, -0.2) is 14.8 Å². The molecule has 1 saturated carbocycles. The van der Waals surface area contributed by atoms with E-state index in [9.17, 15) is 4.79 Å². The molecule has 0 saturated heterocycles. The second-order valence-corrected chi connectivity index (χ2v) is 4.91. The molecule has 0 aromatic carbocycles. The van der Waals surface area contributed by atoms with E-state index in [0.717, 1.165) is 6.54 Å². The Labute approximate surface area is 107 Å². The first-order valence-corrected chi connectivity index (χ1v) is 6.48. The summed E-state index contributed by atoms with van der Waals surface area (Å²) in [5, 5.41) is 12.1. The molecule has 98 valence electrons. The van der Waals surface area contributed by atoms with Crippen LogP contribution in [0.1, 0.15) is 48.3 Å². The minimum Gasteiger partial charge on any atom is -0.477 e. The Hall–Kier alpha value is -1.65. The predicted octanol–water partition coefficient (Wildman–Crippen LogP) is 2.48. The lowest BCUT2D eigenvalue weighted by atomic mass is 9.89. The summed E-state index contributed by atoms with van der Waals surface area (Å²) in [6.07, 6.45) is 6.40. The first-order valence-electron chi connectivity index (χ1n) is 6.48. The fourth-order valence-electron chi connectivity index (χ4n) is 2.38. The fraction of sp³-hybridized carbons (Fsp3) is 0.615. The zero-order valence-electron chi connectivity index (χ0n) is 10.6. The largest absolute Gasteiger partial charge is 0.477 e. The number of carbonyl (C=O) groups is 1. The van der Waals surface area contributed by atoms with E-state index in [2.05, 4.69) is 15.3 Å². The van der Waals surface area contributed by atoms with Crippen molar-refractivity contribution in [1.82, 2.24) is 9.97 Å². The molecular weight excluding hydrogens is 230 g/mol. The second-order valence-electron chi connectivity index (χ2n) is 4.91. The van der Waals surface area contributed by atoms with Crippen LogP contribution < -0.4 is 5.32 Å². The molecule has 5 nitrogen and oxygen atoms in total. The number of hydrogen-bond acceptors (Lipinski definition) is 4. The molecule has 0 unspecified atom stereocenters. The lowest BCUT2D eigenvalue weighted by Crippen LogP contribution is -2.19. The van der Waals surface area contributed by atoms with E-state index in [-0.39, 0.29) is 5.69 Å². The molecular formula is C13H19N3O2. The SMILES string of the molecule is Cc1cc(C(=O)O)nc(NCC2CCCCC2)n1. The average molecular weight is 249 g/mol. The summed E-state index contributed by atoms with van der Waals surface area (Å²) in [5.41, 5.74) is 0.724. The maximum absolute atomic E-state index is 10.9. The highest BCUT2D eigenvalue weighted by Gasteiger charge is 2.14.